The van der Waals surface area contributed by atoms with Crippen LogP contribution in [0.1, 0.15) is 18.9 Å². The van der Waals surface area contributed by atoms with Gasteiger partial charge in [-0.15, -0.1) is 0 Å². The summed E-state index contributed by atoms with van der Waals surface area (Å²) in [5.41, 5.74) is 8.02. The van der Waals surface area contributed by atoms with E-state index in [1.54, 1.807) is 12.3 Å². The van der Waals surface area contributed by atoms with Gasteiger partial charge in [0.2, 0.25) is 5.91 Å². The van der Waals surface area contributed by atoms with Gasteiger partial charge in [-0.3, -0.25) is 9.48 Å². The number of hydrogen-bond donors (Lipinski definition) is 2. The number of fused-ring (bicyclic) bond motifs is 1. The maximum atomic E-state index is 13.2. The molecule has 0 atom stereocenters. The summed E-state index contributed by atoms with van der Waals surface area (Å²) in [5.74, 6) is -0.528. The fourth-order valence-corrected chi connectivity index (χ4v) is 3.05. The zero-order chi connectivity index (χ0) is 15.3. The molecule has 2 aromatic heterocycles. The van der Waals surface area contributed by atoms with Crippen molar-refractivity contribution in [1.29, 1.82) is 0 Å². The standard InChI is InChI=1S/C16H15FN4O/c17-11-1-2-13-14(7-19-15(13)5-11)10-6-20-21(8-10)12-3-9(4-12)16(18)22/h1-2,5-9,12,19H,3-4H2,(H2,18,22)/t9-,12-. The summed E-state index contributed by atoms with van der Waals surface area (Å²) >= 11 is 0. The second-order valence-electron chi connectivity index (χ2n) is 5.83. The average Bonchev–Trinajstić information content (AvgIpc) is 3.02. The molecule has 1 amide bonds. The fourth-order valence-electron chi connectivity index (χ4n) is 3.05. The molecule has 3 N–H and O–H groups in total. The Morgan fingerprint density at radius 3 is 3.00 bits per heavy atom. The molecule has 2 heterocycles. The lowest BCUT2D eigenvalue weighted by molar-refractivity contribution is -0.125. The smallest absolute Gasteiger partial charge is 0.220 e. The van der Waals surface area contributed by atoms with Crippen LogP contribution in [0.5, 0.6) is 0 Å². The second-order valence-corrected chi connectivity index (χ2v) is 5.83. The molecule has 6 heteroatoms. The number of benzene rings is 1. The molecule has 1 saturated carbocycles. The minimum Gasteiger partial charge on any atom is -0.369 e. The highest BCUT2D eigenvalue weighted by Gasteiger charge is 2.34. The number of aromatic amines is 1. The third-order valence-electron chi connectivity index (χ3n) is 4.45. The number of hydrogen-bond acceptors (Lipinski definition) is 2. The molecule has 5 nitrogen and oxygen atoms in total. The molecule has 22 heavy (non-hydrogen) atoms. The zero-order valence-electron chi connectivity index (χ0n) is 11.8. The quantitative estimate of drug-likeness (QED) is 0.779. The van der Waals surface area contributed by atoms with Gasteiger partial charge in [0.15, 0.2) is 0 Å². The van der Waals surface area contributed by atoms with Crippen molar-refractivity contribution in [3.8, 4) is 11.1 Å². The predicted octanol–water partition coefficient (Wildman–Crippen LogP) is 2.61. The van der Waals surface area contributed by atoms with E-state index < -0.39 is 0 Å². The first-order valence-corrected chi connectivity index (χ1v) is 7.22. The summed E-state index contributed by atoms with van der Waals surface area (Å²) in [6, 6.07) is 4.93. The number of nitrogens with two attached hydrogens (primary N) is 1. The molecule has 1 aliphatic carbocycles. The Labute approximate surface area is 125 Å². The van der Waals surface area contributed by atoms with E-state index >= 15 is 0 Å². The third-order valence-corrected chi connectivity index (χ3v) is 4.45. The van der Waals surface area contributed by atoms with E-state index in [2.05, 4.69) is 10.1 Å². The highest BCUT2D eigenvalue weighted by molar-refractivity contribution is 5.95. The Morgan fingerprint density at radius 1 is 1.41 bits per heavy atom. The molecule has 0 radical (unpaired) electrons. The Hall–Kier alpha value is -2.63. The number of carbonyl (C=O) groups is 1. The second kappa shape index (κ2) is 4.69. The maximum absolute atomic E-state index is 13.2. The summed E-state index contributed by atoms with van der Waals surface area (Å²) in [7, 11) is 0. The van der Waals surface area contributed by atoms with Crippen molar-refractivity contribution < 1.29 is 9.18 Å². The predicted molar refractivity (Wildman–Crippen MR) is 80.4 cm³/mol. The molecule has 1 fully saturated rings. The van der Waals surface area contributed by atoms with Gasteiger partial charge in [-0.25, -0.2) is 4.39 Å². The van der Waals surface area contributed by atoms with E-state index in [0.29, 0.717) is 0 Å². The Bertz CT molecular complexity index is 860. The van der Waals surface area contributed by atoms with Crippen LogP contribution in [0.15, 0.2) is 36.8 Å². The highest BCUT2D eigenvalue weighted by atomic mass is 19.1. The number of nitrogens with one attached hydrogen (secondary N) is 1. The molecule has 1 aromatic carbocycles. The van der Waals surface area contributed by atoms with Crippen LogP contribution in [0, 0.1) is 11.7 Å². The Kier molecular flexibility index (Phi) is 2.79. The normalized spacial score (nSPS) is 21.0. The van der Waals surface area contributed by atoms with Gasteiger partial charge in [0, 0.05) is 40.3 Å². The molecular formula is C16H15FN4O. The van der Waals surface area contributed by atoms with Gasteiger partial charge in [-0.05, 0) is 31.0 Å². The number of amides is 1. The summed E-state index contributed by atoms with van der Waals surface area (Å²) in [5, 5.41) is 5.35. The van der Waals surface area contributed by atoms with Crippen LogP contribution in [-0.4, -0.2) is 20.7 Å². The largest absolute Gasteiger partial charge is 0.369 e. The number of H-pyrrole nitrogens is 1. The topological polar surface area (TPSA) is 76.7 Å². The fraction of sp³-hybridized carbons (Fsp3) is 0.250. The van der Waals surface area contributed by atoms with Gasteiger partial charge in [-0.1, -0.05) is 0 Å². The van der Waals surface area contributed by atoms with Crippen LogP contribution in [-0.2, 0) is 4.79 Å². The molecule has 1 aliphatic rings. The molecule has 0 saturated heterocycles. The van der Waals surface area contributed by atoms with E-state index in [9.17, 15) is 9.18 Å². The lowest BCUT2D eigenvalue weighted by Gasteiger charge is -2.33. The monoisotopic (exact) mass is 298 g/mol. The van der Waals surface area contributed by atoms with E-state index in [4.69, 9.17) is 5.73 Å². The van der Waals surface area contributed by atoms with Gasteiger partial charge in [0.05, 0.1) is 12.2 Å². The third kappa shape index (κ3) is 1.99. The van der Waals surface area contributed by atoms with E-state index in [1.807, 2.05) is 17.1 Å². The van der Waals surface area contributed by atoms with E-state index in [0.717, 1.165) is 34.9 Å². The van der Waals surface area contributed by atoms with Gasteiger partial charge in [0.1, 0.15) is 5.82 Å². The van der Waals surface area contributed by atoms with Crippen molar-refractivity contribution in [1.82, 2.24) is 14.8 Å². The molecule has 112 valence electrons. The molecule has 0 bridgehead atoms. The minimum atomic E-state index is -0.261. The molecule has 0 spiro atoms. The van der Waals surface area contributed by atoms with E-state index in [-0.39, 0.29) is 23.7 Å². The number of rotatable bonds is 3. The SMILES string of the molecule is NC(=O)[C@H]1C[C@H](n2cc(-c3c[nH]c4cc(F)ccc34)cn2)C1. The molecule has 3 aromatic rings. The van der Waals surface area contributed by atoms with Crippen LogP contribution in [0.25, 0.3) is 22.0 Å². The number of halogens is 1. The van der Waals surface area contributed by atoms with Crippen LogP contribution < -0.4 is 5.73 Å². The summed E-state index contributed by atoms with van der Waals surface area (Å²) in [6.07, 6.45) is 7.11. The van der Waals surface area contributed by atoms with Gasteiger partial charge in [0.25, 0.3) is 0 Å². The van der Waals surface area contributed by atoms with Crippen molar-refractivity contribution in [2.75, 3.05) is 0 Å². The van der Waals surface area contributed by atoms with Crippen LogP contribution in [0.2, 0.25) is 0 Å². The number of carbonyl (C=O) groups excluding carboxylic acids is 1. The first kappa shape index (κ1) is 13.1. The van der Waals surface area contributed by atoms with Gasteiger partial charge < -0.3 is 10.7 Å². The van der Waals surface area contributed by atoms with Crippen LogP contribution in [0.3, 0.4) is 0 Å². The minimum absolute atomic E-state index is 0.0336. The van der Waals surface area contributed by atoms with Crippen LogP contribution >= 0.6 is 0 Å². The lowest BCUT2D eigenvalue weighted by atomic mass is 9.80. The molecular weight excluding hydrogens is 283 g/mol. The summed E-state index contributed by atoms with van der Waals surface area (Å²) in [6.45, 7) is 0. The molecule has 0 unspecified atom stereocenters. The number of nitrogens with zero attached hydrogens (tertiary/aromatic N) is 2. The number of primary amides is 1. The van der Waals surface area contributed by atoms with E-state index in [1.165, 1.54) is 12.1 Å². The van der Waals surface area contributed by atoms with Crippen molar-refractivity contribution in [2.45, 2.75) is 18.9 Å². The lowest BCUT2D eigenvalue weighted by Crippen LogP contribution is -2.36. The van der Waals surface area contributed by atoms with Gasteiger partial charge >= 0.3 is 0 Å². The van der Waals surface area contributed by atoms with Crippen molar-refractivity contribution in [2.24, 2.45) is 11.7 Å². The Balaban J connectivity index is 1.62. The zero-order valence-corrected chi connectivity index (χ0v) is 11.8. The first-order valence-electron chi connectivity index (χ1n) is 7.22. The Morgan fingerprint density at radius 2 is 2.23 bits per heavy atom. The van der Waals surface area contributed by atoms with Crippen molar-refractivity contribution in [3.05, 3.63) is 42.6 Å². The summed E-state index contributed by atoms with van der Waals surface area (Å²) in [4.78, 5) is 14.2. The highest BCUT2D eigenvalue weighted by Crippen LogP contribution is 2.38. The first-order chi connectivity index (χ1) is 10.6. The van der Waals surface area contributed by atoms with Crippen LogP contribution in [0.4, 0.5) is 4.39 Å². The van der Waals surface area contributed by atoms with Crippen molar-refractivity contribution >= 4 is 16.8 Å². The van der Waals surface area contributed by atoms with Gasteiger partial charge in [-0.2, -0.15) is 5.10 Å². The molecule has 4 rings (SSSR count). The summed E-state index contributed by atoms with van der Waals surface area (Å²) < 4.78 is 15.1. The van der Waals surface area contributed by atoms with Crippen molar-refractivity contribution in [3.63, 3.8) is 0 Å². The maximum Gasteiger partial charge on any atom is 0.220 e. The average molecular weight is 298 g/mol. The molecule has 0 aliphatic heterocycles. The number of aromatic nitrogens is 3.